The smallest absolute Gasteiger partial charge is 0.410 e. The highest BCUT2D eigenvalue weighted by molar-refractivity contribution is 5.71. The van der Waals surface area contributed by atoms with Crippen molar-refractivity contribution in [3.8, 4) is 5.75 Å². The number of hydrogen-bond acceptors (Lipinski definition) is 6. The van der Waals surface area contributed by atoms with Gasteiger partial charge in [0, 0.05) is 30.5 Å². The maximum Gasteiger partial charge on any atom is 0.410 e. The third kappa shape index (κ3) is 4.10. The number of pyridine rings is 1. The molecule has 0 aromatic carbocycles. The molecule has 1 aliphatic rings. The number of ether oxygens (including phenoxy) is 2. The van der Waals surface area contributed by atoms with E-state index in [9.17, 15) is 4.79 Å². The van der Waals surface area contributed by atoms with Crippen molar-refractivity contribution >= 4 is 17.3 Å². The lowest BCUT2D eigenvalue weighted by molar-refractivity contribution is 0.00629. The average Bonchev–Trinajstić information content (AvgIpc) is 3.02. The van der Waals surface area contributed by atoms with Crippen LogP contribution in [0.5, 0.6) is 5.75 Å². The molecule has 8 nitrogen and oxygen atoms in total. The first-order valence-electron chi connectivity index (χ1n) is 8.90. The molecule has 0 atom stereocenters. The largest absolute Gasteiger partial charge is 0.494 e. The monoisotopic (exact) mass is 373 g/mol. The number of fused-ring (bicyclic) bond motifs is 1. The lowest BCUT2D eigenvalue weighted by Gasteiger charge is -2.40. The summed E-state index contributed by atoms with van der Waals surface area (Å²) >= 11 is 0. The van der Waals surface area contributed by atoms with Crippen LogP contribution in [0.1, 0.15) is 33.3 Å². The summed E-state index contributed by atoms with van der Waals surface area (Å²) in [6.45, 7) is 8.67. The number of carbonyl (C=O) groups is 1. The second-order valence-electron chi connectivity index (χ2n) is 7.72. The Kier molecular flexibility index (Phi) is 4.91. The Labute approximate surface area is 158 Å². The molecule has 1 fully saturated rings. The van der Waals surface area contributed by atoms with Gasteiger partial charge >= 0.3 is 6.09 Å². The zero-order chi connectivity index (χ0) is 19.8. The van der Waals surface area contributed by atoms with E-state index in [1.807, 2.05) is 46.0 Å². The van der Waals surface area contributed by atoms with Crippen LogP contribution in [0.3, 0.4) is 0 Å². The molecule has 0 bridgehead atoms. The van der Waals surface area contributed by atoms with E-state index in [-0.39, 0.29) is 12.1 Å². The van der Waals surface area contributed by atoms with Crippen LogP contribution in [-0.2, 0) is 4.74 Å². The van der Waals surface area contributed by atoms with Gasteiger partial charge in [-0.05, 0) is 39.8 Å². The molecule has 0 radical (unpaired) electrons. The number of rotatable bonds is 4. The molecule has 1 aliphatic heterocycles. The van der Waals surface area contributed by atoms with Crippen LogP contribution in [0, 0.1) is 0 Å². The number of aromatic nitrogens is 2. The number of methoxy groups -OCH3 is 1. The molecule has 3 rings (SSSR count). The summed E-state index contributed by atoms with van der Waals surface area (Å²) < 4.78 is 12.5. The fourth-order valence-corrected chi connectivity index (χ4v) is 2.95. The van der Waals surface area contributed by atoms with Gasteiger partial charge in [-0.3, -0.25) is 0 Å². The van der Waals surface area contributed by atoms with Gasteiger partial charge in [0.25, 0.3) is 0 Å². The molecule has 3 N–H and O–H groups in total. The molecule has 146 valence electrons. The lowest BCUT2D eigenvalue weighted by atomic mass is 10.1. The number of amides is 1. The van der Waals surface area contributed by atoms with Gasteiger partial charge in [-0.15, -0.1) is 0 Å². The quantitative estimate of drug-likeness (QED) is 0.853. The van der Waals surface area contributed by atoms with Crippen LogP contribution < -0.4 is 15.8 Å². The van der Waals surface area contributed by atoms with Gasteiger partial charge < -0.3 is 25.4 Å². The van der Waals surface area contributed by atoms with E-state index in [0.29, 0.717) is 24.5 Å². The predicted molar refractivity (Wildman–Crippen MR) is 103 cm³/mol. The molecule has 2 aromatic rings. The van der Waals surface area contributed by atoms with E-state index in [4.69, 9.17) is 15.2 Å². The number of nitrogens with zero attached hydrogens (tertiary/aromatic N) is 3. The first-order valence-corrected chi connectivity index (χ1v) is 8.90. The third-order valence-electron chi connectivity index (χ3n) is 4.36. The molecule has 0 spiro atoms. The maximum atomic E-state index is 12.0. The zero-order valence-electron chi connectivity index (χ0n) is 16.4. The van der Waals surface area contributed by atoms with E-state index in [0.717, 1.165) is 16.8 Å². The predicted octanol–water partition coefficient (Wildman–Crippen LogP) is 2.20. The molecule has 0 aliphatic carbocycles. The highest BCUT2D eigenvalue weighted by atomic mass is 16.6. The van der Waals surface area contributed by atoms with Crippen molar-refractivity contribution in [2.45, 2.75) is 39.3 Å². The Morgan fingerprint density at radius 2 is 2.07 bits per heavy atom. The summed E-state index contributed by atoms with van der Waals surface area (Å²) in [4.78, 5) is 13.7. The summed E-state index contributed by atoms with van der Waals surface area (Å²) in [5.41, 5.74) is 9.01. The van der Waals surface area contributed by atoms with Crippen LogP contribution in [0.15, 0.2) is 30.2 Å². The molecule has 0 unspecified atom stereocenters. The number of nitrogens with two attached hydrogens (primary N) is 1. The van der Waals surface area contributed by atoms with Crippen molar-refractivity contribution in [3.05, 3.63) is 35.8 Å². The summed E-state index contributed by atoms with van der Waals surface area (Å²) in [6.07, 6.45) is 3.29. The Balaban J connectivity index is 1.66. The average molecular weight is 373 g/mol. The van der Waals surface area contributed by atoms with Crippen LogP contribution >= 0.6 is 0 Å². The van der Waals surface area contributed by atoms with E-state index >= 15 is 0 Å². The number of carbonyl (C=O) groups excluding carboxylic acids is 1. The molecule has 1 amide bonds. The van der Waals surface area contributed by atoms with Gasteiger partial charge in [0.2, 0.25) is 0 Å². The first kappa shape index (κ1) is 18.9. The Bertz CT molecular complexity index is 875. The molecule has 3 heterocycles. The van der Waals surface area contributed by atoms with Crippen LogP contribution in [0.4, 0.5) is 4.79 Å². The van der Waals surface area contributed by atoms with Crippen molar-refractivity contribution in [2.75, 3.05) is 20.2 Å². The minimum absolute atomic E-state index is 0.145. The molecule has 27 heavy (non-hydrogen) atoms. The molecule has 2 aromatic heterocycles. The Morgan fingerprint density at radius 3 is 2.70 bits per heavy atom. The lowest BCUT2D eigenvalue weighted by Crippen LogP contribution is -2.60. The summed E-state index contributed by atoms with van der Waals surface area (Å²) in [6, 6.07) is 3.92. The Hall–Kier alpha value is -2.90. The second-order valence-corrected chi connectivity index (χ2v) is 7.72. The van der Waals surface area contributed by atoms with Gasteiger partial charge in [-0.1, -0.05) is 0 Å². The van der Waals surface area contributed by atoms with Crippen LogP contribution in [0.2, 0.25) is 0 Å². The fraction of sp³-hybridized carbons (Fsp3) is 0.474. The second kappa shape index (κ2) is 7.02. The number of hydrogen-bond donors (Lipinski definition) is 2. The van der Waals surface area contributed by atoms with E-state index in [1.165, 1.54) is 0 Å². The molecule has 0 saturated carbocycles. The van der Waals surface area contributed by atoms with Crippen molar-refractivity contribution in [2.24, 2.45) is 5.73 Å². The Morgan fingerprint density at radius 1 is 1.37 bits per heavy atom. The van der Waals surface area contributed by atoms with Crippen molar-refractivity contribution in [1.82, 2.24) is 19.8 Å². The number of likely N-dealkylation sites (tertiary alicyclic amines) is 1. The summed E-state index contributed by atoms with van der Waals surface area (Å²) in [5, 5.41) is 7.63. The summed E-state index contributed by atoms with van der Waals surface area (Å²) in [7, 11) is 1.62. The number of nitrogens with one attached hydrogen (secondary N) is 1. The normalized spacial score (nSPS) is 16.0. The molecule has 1 saturated heterocycles. The van der Waals surface area contributed by atoms with Crippen molar-refractivity contribution < 1.29 is 14.3 Å². The van der Waals surface area contributed by atoms with Crippen molar-refractivity contribution in [3.63, 3.8) is 0 Å². The van der Waals surface area contributed by atoms with E-state index < -0.39 is 5.60 Å². The summed E-state index contributed by atoms with van der Waals surface area (Å²) in [5.74, 6) is 0.709. The fourth-order valence-electron chi connectivity index (χ4n) is 2.95. The number of allylic oxidation sites excluding steroid dienone is 1. The van der Waals surface area contributed by atoms with E-state index in [1.54, 1.807) is 22.7 Å². The minimum atomic E-state index is -0.486. The van der Waals surface area contributed by atoms with Crippen LogP contribution in [-0.4, -0.2) is 52.4 Å². The highest BCUT2D eigenvalue weighted by Crippen LogP contribution is 2.24. The van der Waals surface area contributed by atoms with E-state index in [2.05, 4.69) is 10.4 Å². The first-order chi connectivity index (χ1) is 12.7. The van der Waals surface area contributed by atoms with Gasteiger partial charge in [0.15, 0.2) is 0 Å². The van der Waals surface area contributed by atoms with Crippen LogP contribution in [0.25, 0.3) is 11.2 Å². The SMILES string of the molecule is COc1cc(/C(N)=C(\C)NC2CN(C(=O)OC(C)(C)C)C2)cn2nccc12. The molecular weight excluding hydrogens is 346 g/mol. The zero-order valence-corrected chi connectivity index (χ0v) is 16.4. The standard InChI is InChI=1S/C19H27N5O3/c1-12(22-14-10-23(11-14)18(25)27-19(2,3)4)17(20)13-8-16(26-5)15-6-7-21-24(15)9-13/h6-9,14,22H,10-11,20H2,1-5H3/b17-12-. The van der Waals surface area contributed by atoms with Crippen molar-refractivity contribution in [1.29, 1.82) is 0 Å². The van der Waals surface area contributed by atoms with Gasteiger partial charge in [0.05, 0.1) is 25.0 Å². The maximum absolute atomic E-state index is 12.0. The topological polar surface area (TPSA) is 94.1 Å². The molecular formula is C19H27N5O3. The van der Waals surface area contributed by atoms with Gasteiger partial charge in [0.1, 0.15) is 16.9 Å². The van der Waals surface area contributed by atoms with Gasteiger partial charge in [-0.2, -0.15) is 5.10 Å². The molecule has 8 heteroatoms. The van der Waals surface area contributed by atoms with Gasteiger partial charge in [-0.25, -0.2) is 9.31 Å². The minimum Gasteiger partial charge on any atom is -0.494 e. The highest BCUT2D eigenvalue weighted by Gasteiger charge is 2.33. The third-order valence-corrected chi connectivity index (χ3v) is 4.36.